The number of carbonyl (C=O) groups is 2. The first-order valence-corrected chi connectivity index (χ1v) is 7.84. The third kappa shape index (κ3) is 2.62. The van der Waals surface area contributed by atoms with Crippen molar-refractivity contribution in [3.63, 3.8) is 0 Å². The predicted octanol–water partition coefficient (Wildman–Crippen LogP) is 2.17. The van der Waals surface area contributed by atoms with Gasteiger partial charge >= 0.3 is 6.03 Å². The number of aromatic nitrogens is 1. The zero-order valence-electron chi connectivity index (χ0n) is 13.1. The van der Waals surface area contributed by atoms with E-state index in [9.17, 15) is 14.0 Å². The summed E-state index contributed by atoms with van der Waals surface area (Å²) < 4.78 is 13.7. The lowest BCUT2D eigenvalue weighted by atomic mass is 10.1. The number of pyridine rings is 1. The zero-order chi connectivity index (χ0) is 17.6. The number of nitriles is 1. The van der Waals surface area contributed by atoms with Gasteiger partial charge in [-0.3, -0.25) is 14.7 Å². The summed E-state index contributed by atoms with van der Waals surface area (Å²) in [7, 11) is 0. The maximum atomic E-state index is 13.7. The molecule has 2 aromatic rings. The van der Waals surface area contributed by atoms with Crippen molar-refractivity contribution in [3.05, 3.63) is 53.5 Å². The second kappa shape index (κ2) is 5.67. The molecule has 1 N–H and O–H groups in total. The Labute approximate surface area is 142 Å². The van der Waals surface area contributed by atoms with E-state index >= 15 is 0 Å². The summed E-state index contributed by atoms with van der Waals surface area (Å²) in [5, 5.41) is 11.3. The van der Waals surface area contributed by atoms with Gasteiger partial charge in [-0.15, -0.1) is 0 Å². The Morgan fingerprint density at radius 2 is 2.12 bits per heavy atom. The lowest BCUT2D eigenvalue weighted by Gasteiger charge is -2.12. The Hall–Kier alpha value is -3.27. The van der Waals surface area contributed by atoms with Crippen LogP contribution in [0.4, 0.5) is 9.18 Å². The Kier molecular flexibility index (Phi) is 3.46. The van der Waals surface area contributed by atoms with Crippen molar-refractivity contribution >= 4 is 11.9 Å². The van der Waals surface area contributed by atoms with Gasteiger partial charge in [0.2, 0.25) is 5.91 Å². The van der Waals surface area contributed by atoms with E-state index in [1.165, 1.54) is 17.0 Å². The summed E-state index contributed by atoms with van der Waals surface area (Å²) in [5.41, 5.74) is 2.12. The van der Waals surface area contributed by atoms with Gasteiger partial charge in [-0.05, 0) is 30.2 Å². The Morgan fingerprint density at radius 1 is 1.28 bits per heavy atom. The Balaban J connectivity index is 1.52. The molecule has 1 aromatic carbocycles. The lowest BCUT2D eigenvalue weighted by molar-refractivity contribution is -0.125. The third-order valence-corrected chi connectivity index (χ3v) is 4.57. The summed E-state index contributed by atoms with van der Waals surface area (Å²) in [6, 6.07) is 9.34. The van der Waals surface area contributed by atoms with Gasteiger partial charge in [0.25, 0.3) is 0 Å². The first-order chi connectivity index (χ1) is 12.1. The second-order valence-corrected chi connectivity index (χ2v) is 6.12. The van der Waals surface area contributed by atoms with Crippen molar-refractivity contribution in [2.24, 2.45) is 0 Å². The highest BCUT2D eigenvalue weighted by Crippen LogP contribution is 2.45. The van der Waals surface area contributed by atoms with Crippen LogP contribution in [-0.2, 0) is 4.79 Å². The van der Waals surface area contributed by atoms with Crippen molar-refractivity contribution in [3.8, 4) is 17.3 Å². The van der Waals surface area contributed by atoms with Crippen LogP contribution in [0.15, 0.2) is 36.5 Å². The van der Waals surface area contributed by atoms with E-state index in [1.807, 2.05) is 6.07 Å². The molecule has 1 aliphatic heterocycles. The number of halogens is 1. The molecule has 4 rings (SSSR count). The van der Waals surface area contributed by atoms with Gasteiger partial charge in [0.15, 0.2) is 0 Å². The number of hydrogen-bond donors (Lipinski definition) is 1. The van der Waals surface area contributed by atoms with Crippen LogP contribution in [0.5, 0.6) is 0 Å². The maximum absolute atomic E-state index is 13.7. The van der Waals surface area contributed by atoms with Crippen LogP contribution in [0.2, 0.25) is 0 Å². The fourth-order valence-electron chi connectivity index (χ4n) is 3.16. The molecule has 25 heavy (non-hydrogen) atoms. The average molecular weight is 336 g/mol. The summed E-state index contributed by atoms with van der Waals surface area (Å²) in [6.07, 6.45) is 2.42. The molecular formula is C18H13FN4O2. The lowest BCUT2D eigenvalue weighted by Crippen LogP contribution is -2.33. The number of carbonyl (C=O) groups excluding carboxylic acids is 2. The van der Waals surface area contributed by atoms with Crippen LogP contribution >= 0.6 is 0 Å². The molecule has 0 spiro atoms. The molecule has 124 valence electrons. The monoisotopic (exact) mass is 336 g/mol. The van der Waals surface area contributed by atoms with Crippen LogP contribution in [0.1, 0.15) is 23.5 Å². The van der Waals surface area contributed by atoms with Gasteiger partial charge in [0, 0.05) is 23.7 Å². The number of hydrogen-bond acceptors (Lipinski definition) is 4. The van der Waals surface area contributed by atoms with Crippen molar-refractivity contribution < 1.29 is 14.0 Å². The number of benzene rings is 1. The van der Waals surface area contributed by atoms with Gasteiger partial charge in [0.05, 0.1) is 17.8 Å². The fraction of sp³-hybridized carbons (Fsp3) is 0.222. The number of rotatable bonds is 3. The van der Waals surface area contributed by atoms with Gasteiger partial charge in [-0.25, -0.2) is 9.18 Å². The van der Waals surface area contributed by atoms with Crippen molar-refractivity contribution in [2.75, 3.05) is 6.54 Å². The minimum atomic E-state index is -0.577. The first kappa shape index (κ1) is 15.3. The number of urea groups is 1. The van der Waals surface area contributed by atoms with Crippen LogP contribution in [0, 0.1) is 17.1 Å². The van der Waals surface area contributed by atoms with E-state index in [4.69, 9.17) is 5.26 Å². The SMILES string of the molecule is N#Cc1ccc(-c2ccc(C3CC3N3C(=O)CNC3=O)cn2)cc1F. The molecule has 1 saturated heterocycles. The molecule has 0 bridgehead atoms. The van der Waals surface area contributed by atoms with E-state index < -0.39 is 5.82 Å². The number of nitrogens with one attached hydrogen (secondary N) is 1. The maximum Gasteiger partial charge on any atom is 0.324 e. The molecule has 7 heteroatoms. The minimum absolute atomic E-state index is 0.00486. The summed E-state index contributed by atoms with van der Waals surface area (Å²) in [6.45, 7) is 0.0590. The molecule has 2 unspecified atom stereocenters. The molecule has 6 nitrogen and oxygen atoms in total. The van der Waals surface area contributed by atoms with Crippen LogP contribution < -0.4 is 5.32 Å². The highest BCUT2D eigenvalue weighted by molar-refractivity contribution is 6.02. The third-order valence-electron chi connectivity index (χ3n) is 4.57. The molecule has 0 radical (unpaired) electrons. The standard InChI is InChI=1S/C18H13FN4O2/c19-14-5-10(1-2-11(14)7-20)15-4-3-12(8-21-15)13-6-16(13)23-17(24)9-22-18(23)25/h1-5,8,13,16H,6,9H2,(H,22,25). The van der Waals surface area contributed by atoms with E-state index in [0.717, 1.165) is 12.0 Å². The topological polar surface area (TPSA) is 86.1 Å². The zero-order valence-corrected chi connectivity index (χ0v) is 13.1. The highest BCUT2D eigenvalue weighted by atomic mass is 19.1. The average Bonchev–Trinajstić information content (AvgIpc) is 3.33. The van der Waals surface area contributed by atoms with Gasteiger partial charge < -0.3 is 5.32 Å². The number of amides is 3. The second-order valence-electron chi connectivity index (χ2n) is 6.12. The van der Waals surface area contributed by atoms with Gasteiger partial charge in [0.1, 0.15) is 11.9 Å². The fourth-order valence-corrected chi connectivity index (χ4v) is 3.16. The van der Waals surface area contributed by atoms with E-state index in [0.29, 0.717) is 11.3 Å². The van der Waals surface area contributed by atoms with E-state index in [-0.39, 0.29) is 36.0 Å². The van der Waals surface area contributed by atoms with E-state index in [1.54, 1.807) is 24.4 Å². The smallest absolute Gasteiger partial charge is 0.324 e. The Bertz CT molecular complexity index is 904. The van der Waals surface area contributed by atoms with E-state index in [2.05, 4.69) is 10.3 Å². The molecule has 2 aliphatic rings. The molecule has 3 amide bonds. The summed E-state index contributed by atoms with van der Waals surface area (Å²) >= 11 is 0. The molecule has 2 fully saturated rings. The first-order valence-electron chi connectivity index (χ1n) is 7.84. The van der Waals surface area contributed by atoms with Crippen LogP contribution in [0.3, 0.4) is 0 Å². The van der Waals surface area contributed by atoms with Crippen molar-refractivity contribution in [2.45, 2.75) is 18.4 Å². The minimum Gasteiger partial charge on any atom is -0.329 e. The molecule has 2 heterocycles. The Morgan fingerprint density at radius 3 is 2.72 bits per heavy atom. The normalized spacial score (nSPS) is 21.8. The number of imide groups is 1. The molecular weight excluding hydrogens is 323 g/mol. The van der Waals surface area contributed by atoms with Crippen molar-refractivity contribution in [1.29, 1.82) is 5.26 Å². The molecule has 1 saturated carbocycles. The molecule has 1 aliphatic carbocycles. The molecule has 1 aromatic heterocycles. The highest BCUT2D eigenvalue weighted by Gasteiger charge is 2.49. The van der Waals surface area contributed by atoms with Gasteiger partial charge in [-0.2, -0.15) is 5.26 Å². The van der Waals surface area contributed by atoms with Crippen LogP contribution in [0.25, 0.3) is 11.3 Å². The number of nitrogens with zero attached hydrogens (tertiary/aromatic N) is 3. The quantitative estimate of drug-likeness (QED) is 0.870. The molecule has 2 atom stereocenters. The largest absolute Gasteiger partial charge is 0.329 e. The summed E-state index contributed by atoms with van der Waals surface area (Å²) in [4.78, 5) is 29.1. The van der Waals surface area contributed by atoms with Crippen molar-refractivity contribution in [1.82, 2.24) is 15.2 Å². The van der Waals surface area contributed by atoms with Crippen LogP contribution in [-0.4, -0.2) is 34.4 Å². The predicted molar refractivity (Wildman–Crippen MR) is 85.7 cm³/mol. The summed E-state index contributed by atoms with van der Waals surface area (Å²) in [5.74, 6) is -0.686. The van der Waals surface area contributed by atoms with Gasteiger partial charge in [-0.1, -0.05) is 12.1 Å².